The van der Waals surface area contributed by atoms with E-state index in [1.165, 1.54) is 0 Å². The molecule has 2 heterocycles. The first-order chi connectivity index (χ1) is 8.33. The van der Waals surface area contributed by atoms with Crippen molar-refractivity contribution < 1.29 is 0 Å². The van der Waals surface area contributed by atoms with Gasteiger partial charge >= 0.3 is 0 Å². The van der Waals surface area contributed by atoms with Gasteiger partial charge in [0, 0.05) is 25.2 Å². The Hall–Kier alpha value is -1.84. The number of anilines is 1. The molecule has 90 valence electrons. The van der Waals surface area contributed by atoms with Gasteiger partial charge in [-0.3, -0.25) is 0 Å². The van der Waals surface area contributed by atoms with Gasteiger partial charge in [-0.15, -0.1) is 0 Å². The zero-order chi connectivity index (χ0) is 12.1. The first-order valence-corrected chi connectivity index (χ1v) is 6.09. The van der Waals surface area contributed by atoms with E-state index in [1.807, 2.05) is 24.4 Å². The zero-order valence-corrected chi connectivity index (χ0v) is 10.3. The van der Waals surface area contributed by atoms with Gasteiger partial charge in [-0.05, 0) is 18.6 Å². The molecule has 2 N–H and O–H groups in total. The molecule has 0 unspecified atom stereocenters. The molecule has 0 aliphatic rings. The number of nitrogens with one attached hydrogen (secondary N) is 2. The first-order valence-electron chi connectivity index (χ1n) is 6.09. The second-order valence-corrected chi connectivity index (χ2v) is 3.92. The summed E-state index contributed by atoms with van der Waals surface area (Å²) in [5, 5.41) is 3.31. The predicted molar refractivity (Wildman–Crippen MR) is 70.0 cm³/mol. The lowest BCUT2D eigenvalue weighted by atomic mass is 10.3. The Kier molecular flexibility index (Phi) is 3.75. The number of H-pyrrole nitrogens is 1. The summed E-state index contributed by atoms with van der Waals surface area (Å²) in [7, 11) is 0. The Morgan fingerprint density at radius 1 is 1.29 bits per heavy atom. The third kappa shape index (κ3) is 2.84. The summed E-state index contributed by atoms with van der Waals surface area (Å²) in [4.78, 5) is 12.2. The van der Waals surface area contributed by atoms with E-state index in [2.05, 4.69) is 34.1 Å². The van der Waals surface area contributed by atoms with Crippen molar-refractivity contribution in [2.45, 2.75) is 26.7 Å². The summed E-state index contributed by atoms with van der Waals surface area (Å²) >= 11 is 0. The summed E-state index contributed by atoms with van der Waals surface area (Å²) in [6, 6.07) is 5.98. The van der Waals surface area contributed by atoms with E-state index < -0.39 is 0 Å². The molecule has 0 saturated heterocycles. The Morgan fingerprint density at radius 2 is 2.18 bits per heavy atom. The van der Waals surface area contributed by atoms with Crippen molar-refractivity contribution in [1.29, 1.82) is 0 Å². The molecule has 0 atom stereocenters. The minimum atomic E-state index is 0.843. The molecule has 4 heteroatoms. The van der Waals surface area contributed by atoms with Gasteiger partial charge in [0.1, 0.15) is 11.6 Å². The third-order valence-electron chi connectivity index (χ3n) is 2.52. The molecule has 0 aromatic carbocycles. The fourth-order valence-corrected chi connectivity index (χ4v) is 1.63. The van der Waals surface area contributed by atoms with E-state index >= 15 is 0 Å². The van der Waals surface area contributed by atoms with Crippen LogP contribution in [0.3, 0.4) is 0 Å². The normalized spacial score (nSPS) is 10.5. The minimum absolute atomic E-state index is 0.843. The lowest BCUT2D eigenvalue weighted by Crippen LogP contribution is -2.05. The number of aromatic amines is 1. The monoisotopic (exact) mass is 230 g/mol. The summed E-state index contributed by atoms with van der Waals surface area (Å²) in [6.07, 6.45) is 3.83. The van der Waals surface area contributed by atoms with Crippen LogP contribution in [0.15, 0.2) is 24.4 Å². The van der Waals surface area contributed by atoms with Crippen LogP contribution in [-0.4, -0.2) is 21.5 Å². The zero-order valence-electron chi connectivity index (χ0n) is 10.3. The third-order valence-corrected chi connectivity index (χ3v) is 2.52. The van der Waals surface area contributed by atoms with E-state index in [9.17, 15) is 0 Å². The fraction of sp³-hybridized carbons (Fsp3) is 0.385. The summed E-state index contributed by atoms with van der Waals surface area (Å²) in [6.45, 7) is 5.14. The Bertz CT molecular complexity index is 462. The van der Waals surface area contributed by atoms with Gasteiger partial charge < -0.3 is 10.3 Å². The van der Waals surface area contributed by atoms with Gasteiger partial charge in [-0.2, -0.15) is 0 Å². The van der Waals surface area contributed by atoms with Crippen molar-refractivity contribution >= 4 is 5.82 Å². The smallest absolute Gasteiger partial charge is 0.131 e. The van der Waals surface area contributed by atoms with Gasteiger partial charge in [0.2, 0.25) is 0 Å². The number of aryl methyl sites for hydroxylation is 1. The van der Waals surface area contributed by atoms with Crippen LogP contribution in [0.1, 0.15) is 26.1 Å². The summed E-state index contributed by atoms with van der Waals surface area (Å²) in [5.41, 5.74) is 1.97. The summed E-state index contributed by atoms with van der Waals surface area (Å²) in [5.74, 6) is 1.78. The van der Waals surface area contributed by atoms with Crippen molar-refractivity contribution in [2.75, 3.05) is 11.9 Å². The molecule has 0 amide bonds. The molecule has 2 aromatic rings. The lowest BCUT2D eigenvalue weighted by Gasteiger charge is -2.07. The first kappa shape index (κ1) is 11.6. The van der Waals surface area contributed by atoms with Gasteiger partial charge in [-0.1, -0.05) is 13.8 Å². The molecule has 2 aromatic heterocycles. The Labute approximate surface area is 102 Å². The largest absolute Gasteiger partial charge is 0.370 e. The molecule has 0 fully saturated rings. The highest BCUT2D eigenvalue weighted by Crippen LogP contribution is 2.18. The van der Waals surface area contributed by atoms with Gasteiger partial charge in [0.05, 0.1) is 11.4 Å². The van der Waals surface area contributed by atoms with Crippen LogP contribution in [0.4, 0.5) is 5.82 Å². The maximum Gasteiger partial charge on any atom is 0.131 e. The molecule has 0 aliphatic carbocycles. The Morgan fingerprint density at radius 3 is 2.82 bits per heavy atom. The predicted octanol–water partition coefficient (Wildman–Crippen LogP) is 2.86. The van der Waals surface area contributed by atoms with Crippen LogP contribution in [-0.2, 0) is 6.42 Å². The number of rotatable bonds is 5. The number of aromatic nitrogens is 3. The molecule has 0 spiro atoms. The number of nitrogens with zero attached hydrogens (tertiary/aromatic N) is 2. The SMILES string of the molecule is CCCNc1cc(-c2ccc[nH]2)nc(CC)n1. The quantitative estimate of drug-likeness (QED) is 0.830. The lowest BCUT2D eigenvalue weighted by molar-refractivity contribution is 0.918. The highest BCUT2D eigenvalue weighted by atomic mass is 15.0. The molecule has 2 rings (SSSR count). The average Bonchev–Trinajstić information content (AvgIpc) is 2.89. The Balaban J connectivity index is 2.32. The van der Waals surface area contributed by atoms with Crippen molar-refractivity contribution in [1.82, 2.24) is 15.0 Å². The molecule has 4 nitrogen and oxygen atoms in total. The minimum Gasteiger partial charge on any atom is -0.370 e. The maximum atomic E-state index is 4.52. The maximum absolute atomic E-state index is 4.52. The van der Waals surface area contributed by atoms with Crippen molar-refractivity contribution in [3.63, 3.8) is 0 Å². The van der Waals surface area contributed by atoms with Gasteiger partial charge in [-0.25, -0.2) is 9.97 Å². The van der Waals surface area contributed by atoms with Crippen LogP contribution >= 0.6 is 0 Å². The van der Waals surface area contributed by atoms with E-state index in [1.54, 1.807) is 0 Å². The van der Waals surface area contributed by atoms with Crippen LogP contribution in [0, 0.1) is 0 Å². The molecule has 0 radical (unpaired) electrons. The highest BCUT2D eigenvalue weighted by Gasteiger charge is 2.05. The molecule has 17 heavy (non-hydrogen) atoms. The molecule has 0 saturated carbocycles. The van der Waals surface area contributed by atoms with E-state index in [0.29, 0.717) is 0 Å². The number of hydrogen-bond donors (Lipinski definition) is 2. The topological polar surface area (TPSA) is 53.6 Å². The molecular weight excluding hydrogens is 212 g/mol. The van der Waals surface area contributed by atoms with Crippen molar-refractivity contribution in [3.05, 3.63) is 30.2 Å². The van der Waals surface area contributed by atoms with E-state index in [4.69, 9.17) is 0 Å². The van der Waals surface area contributed by atoms with E-state index in [0.717, 1.165) is 42.4 Å². The van der Waals surface area contributed by atoms with Crippen LogP contribution in [0.5, 0.6) is 0 Å². The fourth-order valence-electron chi connectivity index (χ4n) is 1.63. The van der Waals surface area contributed by atoms with E-state index in [-0.39, 0.29) is 0 Å². The summed E-state index contributed by atoms with van der Waals surface area (Å²) < 4.78 is 0. The van der Waals surface area contributed by atoms with Crippen LogP contribution in [0.2, 0.25) is 0 Å². The van der Waals surface area contributed by atoms with Gasteiger partial charge in [0.15, 0.2) is 0 Å². The standard InChI is InChI=1S/C13H18N4/c1-3-7-15-13-9-11(10-6-5-8-14-10)16-12(4-2)17-13/h5-6,8-9,14H,3-4,7H2,1-2H3,(H,15,16,17). The van der Waals surface area contributed by atoms with Crippen LogP contribution < -0.4 is 5.32 Å². The van der Waals surface area contributed by atoms with Crippen molar-refractivity contribution in [3.8, 4) is 11.4 Å². The second-order valence-electron chi connectivity index (χ2n) is 3.92. The molecule has 0 bridgehead atoms. The highest BCUT2D eigenvalue weighted by molar-refractivity contribution is 5.58. The van der Waals surface area contributed by atoms with Crippen LogP contribution in [0.25, 0.3) is 11.4 Å². The van der Waals surface area contributed by atoms with Gasteiger partial charge in [0.25, 0.3) is 0 Å². The average molecular weight is 230 g/mol. The number of hydrogen-bond acceptors (Lipinski definition) is 3. The molecule has 0 aliphatic heterocycles. The van der Waals surface area contributed by atoms with Crippen molar-refractivity contribution in [2.24, 2.45) is 0 Å². The second kappa shape index (κ2) is 5.48. The molecular formula is C13H18N4.